The molecule has 0 aliphatic heterocycles. The second-order valence-electron chi connectivity index (χ2n) is 9.28. The maximum absolute atomic E-state index is 12.4. The van der Waals surface area contributed by atoms with Gasteiger partial charge in [-0.05, 0) is 49.9 Å². The van der Waals surface area contributed by atoms with Crippen LogP contribution in [0.5, 0.6) is 0 Å². The molecule has 1 fully saturated rings. The molecule has 2 unspecified atom stereocenters. The van der Waals surface area contributed by atoms with Crippen molar-refractivity contribution in [1.29, 1.82) is 0 Å². The molecule has 2 aliphatic rings. The van der Waals surface area contributed by atoms with Crippen LogP contribution in [0, 0.1) is 29.6 Å². The van der Waals surface area contributed by atoms with Crippen LogP contribution in [0.15, 0.2) is 12.2 Å². The van der Waals surface area contributed by atoms with E-state index in [2.05, 4.69) is 19.1 Å². The smallest absolute Gasteiger partial charge is 0.308 e. The van der Waals surface area contributed by atoms with Crippen molar-refractivity contribution in [3.8, 4) is 0 Å². The molecule has 30 heavy (non-hydrogen) atoms. The number of carboxylic acids is 1. The quantitative estimate of drug-likeness (QED) is 0.312. The fourth-order valence-electron chi connectivity index (χ4n) is 5.00. The number of aliphatic hydroxyl groups excluding tert-OH is 3. The van der Waals surface area contributed by atoms with Crippen molar-refractivity contribution in [2.45, 2.75) is 90.1 Å². The van der Waals surface area contributed by atoms with Gasteiger partial charge in [-0.15, -0.1) is 0 Å². The maximum atomic E-state index is 12.4. The Morgan fingerprint density at radius 2 is 1.87 bits per heavy atom. The molecule has 0 aromatic rings. The lowest BCUT2D eigenvalue weighted by atomic mass is 9.62. The first-order valence-electron chi connectivity index (χ1n) is 11.3. The van der Waals surface area contributed by atoms with E-state index in [-0.39, 0.29) is 54.5 Å². The van der Waals surface area contributed by atoms with Crippen LogP contribution in [0.2, 0.25) is 0 Å². The van der Waals surface area contributed by atoms with Crippen LogP contribution in [-0.2, 0) is 14.3 Å². The lowest BCUT2D eigenvalue weighted by Crippen LogP contribution is -2.47. The first-order valence-corrected chi connectivity index (χ1v) is 11.3. The third-order valence-corrected chi connectivity index (χ3v) is 6.87. The standard InChI is InChI=1S/C23H38O7/c1-4-13(2)23(29)30-20-11-17(25)9-15-6-5-14(3)19(22(15)20)8-7-16(24)10-18(26)12-21(27)28/h5-6,13-20,22,24-26H,4,7-12H2,1-3H3,(H,27,28)/t13?,14-,15?,16+,17+,18+,19-,20-,22-/m0/s1. The molecule has 0 aromatic heterocycles. The molecule has 9 atom stereocenters. The van der Waals surface area contributed by atoms with E-state index in [4.69, 9.17) is 9.84 Å². The molecular weight excluding hydrogens is 388 g/mol. The number of fused-ring (bicyclic) bond motifs is 1. The Bertz CT molecular complexity index is 604. The van der Waals surface area contributed by atoms with Gasteiger partial charge in [-0.1, -0.05) is 32.9 Å². The van der Waals surface area contributed by atoms with Crippen LogP contribution < -0.4 is 0 Å². The number of esters is 1. The van der Waals surface area contributed by atoms with Gasteiger partial charge in [-0.2, -0.15) is 0 Å². The number of hydrogen-bond donors (Lipinski definition) is 4. The average Bonchev–Trinajstić information content (AvgIpc) is 2.65. The molecule has 0 aromatic carbocycles. The molecule has 2 rings (SSSR count). The maximum Gasteiger partial charge on any atom is 0.308 e. The average molecular weight is 427 g/mol. The van der Waals surface area contributed by atoms with Gasteiger partial charge in [-0.3, -0.25) is 9.59 Å². The summed E-state index contributed by atoms with van der Waals surface area (Å²) in [5.74, 6) is -0.883. The Labute approximate surface area is 179 Å². The van der Waals surface area contributed by atoms with Crippen LogP contribution in [0.3, 0.4) is 0 Å². The van der Waals surface area contributed by atoms with Gasteiger partial charge in [0.25, 0.3) is 0 Å². The van der Waals surface area contributed by atoms with Crippen LogP contribution in [0.25, 0.3) is 0 Å². The summed E-state index contributed by atoms with van der Waals surface area (Å²) >= 11 is 0. The van der Waals surface area contributed by atoms with Crippen molar-refractivity contribution in [1.82, 2.24) is 0 Å². The van der Waals surface area contributed by atoms with E-state index >= 15 is 0 Å². The monoisotopic (exact) mass is 426 g/mol. The molecule has 0 saturated heterocycles. The Kier molecular flexibility index (Phi) is 9.31. The minimum absolute atomic E-state index is 0.0302. The van der Waals surface area contributed by atoms with E-state index in [9.17, 15) is 24.9 Å². The van der Waals surface area contributed by atoms with Gasteiger partial charge in [0.15, 0.2) is 0 Å². The highest BCUT2D eigenvalue weighted by Gasteiger charge is 2.45. The van der Waals surface area contributed by atoms with Gasteiger partial charge in [0.1, 0.15) is 6.10 Å². The molecular formula is C23H38O7. The predicted molar refractivity (Wildman–Crippen MR) is 111 cm³/mol. The van der Waals surface area contributed by atoms with Crippen LogP contribution in [-0.4, -0.2) is 56.8 Å². The molecule has 0 radical (unpaired) electrons. The highest BCUT2D eigenvalue weighted by Crippen LogP contribution is 2.46. The summed E-state index contributed by atoms with van der Waals surface area (Å²) in [7, 11) is 0. The Hall–Kier alpha value is -1.44. The summed E-state index contributed by atoms with van der Waals surface area (Å²) in [5, 5.41) is 39.2. The minimum atomic E-state index is -1.09. The van der Waals surface area contributed by atoms with Crippen LogP contribution in [0.1, 0.15) is 65.7 Å². The lowest BCUT2D eigenvalue weighted by molar-refractivity contribution is -0.166. The molecule has 172 valence electrons. The van der Waals surface area contributed by atoms with Gasteiger partial charge in [0, 0.05) is 12.3 Å². The third-order valence-electron chi connectivity index (χ3n) is 6.87. The predicted octanol–water partition coefficient (Wildman–Crippen LogP) is 2.52. The lowest BCUT2D eigenvalue weighted by Gasteiger charge is -2.47. The fourth-order valence-corrected chi connectivity index (χ4v) is 5.00. The molecule has 0 spiro atoms. The van der Waals surface area contributed by atoms with Crippen LogP contribution in [0.4, 0.5) is 0 Å². The van der Waals surface area contributed by atoms with Crippen molar-refractivity contribution < 1.29 is 34.8 Å². The summed E-state index contributed by atoms with van der Waals surface area (Å²) in [5.41, 5.74) is 0. The van der Waals surface area contributed by atoms with Crippen molar-refractivity contribution in [2.75, 3.05) is 0 Å². The van der Waals surface area contributed by atoms with Gasteiger partial charge in [0.05, 0.1) is 30.7 Å². The number of carbonyl (C=O) groups excluding carboxylic acids is 1. The number of aliphatic carboxylic acids is 1. The number of carbonyl (C=O) groups is 2. The number of aliphatic hydroxyl groups is 3. The molecule has 7 nitrogen and oxygen atoms in total. The number of carboxylic acid groups (broad SMARTS) is 1. The number of hydrogen-bond acceptors (Lipinski definition) is 6. The zero-order chi connectivity index (χ0) is 22.4. The third kappa shape index (κ3) is 6.79. The first kappa shape index (κ1) is 24.8. The first-order chi connectivity index (χ1) is 14.1. The molecule has 2 aliphatic carbocycles. The van der Waals surface area contributed by atoms with E-state index in [0.717, 1.165) is 0 Å². The summed E-state index contributed by atoms with van der Waals surface area (Å²) < 4.78 is 5.88. The summed E-state index contributed by atoms with van der Waals surface area (Å²) in [6, 6.07) is 0. The minimum Gasteiger partial charge on any atom is -0.481 e. The number of ether oxygens (including phenoxy) is 1. The summed E-state index contributed by atoms with van der Waals surface area (Å²) in [6.45, 7) is 5.90. The van der Waals surface area contributed by atoms with Gasteiger partial charge in [0.2, 0.25) is 0 Å². The molecule has 4 N–H and O–H groups in total. The highest BCUT2D eigenvalue weighted by atomic mass is 16.5. The fraction of sp³-hybridized carbons (Fsp3) is 0.826. The number of rotatable bonds is 10. The molecule has 7 heteroatoms. The Morgan fingerprint density at radius 1 is 1.17 bits per heavy atom. The Morgan fingerprint density at radius 3 is 2.50 bits per heavy atom. The van der Waals surface area contributed by atoms with Crippen molar-refractivity contribution in [3.05, 3.63) is 12.2 Å². The number of allylic oxidation sites excluding steroid dienone is 2. The second kappa shape index (κ2) is 11.3. The molecule has 0 amide bonds. The zero-order valence-electron chi connectivity index (χ0n) is 18.3. The second-order valence-corrected chi connectivity index (χ2v) is 9.28. The van der Waals surface area contributed by atoms with Crippen LogP contribution >= 0.6 is 0 Å². The van der Waals surface area contributed by atoms with E-state index in [1.54, 1.807) is 0 Å². The topological polar surface area (TPSA) is 124 Å². The van der Waals surface area contributed by atoms with Gasteiger partial charge in [-0.25, -0.2) is 0 Å². The van der Waals surface area contributed by atoms with Crippen molar-refractivity contribution >= 4 is 11.9 Å². The largest absolute Gasteiger partial charge is 0.481 e. The summed E-state index contributed by atoms with van der Waals surface area (Å²) in [6.07, 6.45) is 4.11. The summed E-state index contributed by atoms with van der Waals surface area (Å²) in [4.78, 5) is 23.2. The van der Waals surface area contributed by atoms with Gasteiger partial charge < -0.3 is 25.2 Å². The SMILES string of the molecule is CCC(C)C(=O)O[C@H]1C[C@H](O)CC2C=C[C@H](C)[C@H](CC[C@@H](O)C[C@@H](O)CC(=O)O)[C@H]21. The molecule has 0 heterocycles. The molecule has 1 saturated carbocycles. The molecule has 0 bridgehead atoms. The van der Waals surface area contributed by atoms with Crippen molar-refractivity contribution in [2.24, 2.45) is 29.6 Å². The Balaban J connectivity index is 2.06. The highest BCUT2D eigenvalue weighted by molar-refractivity contribution is 5.72. The van der Waals surface area contributed by atoms with Crippen molar-refractivity contribution in [3.63, 3.8) is 0 Å². The zero-order valence-corrected chi connectivity index (χ0v) is 18.3. The van der Waals surface area contributed by atoms with E-state index in [1.165, 1.54) is 0 Å². The van der Waals surface area contributed by atoms with Gasteiger partial charge >= 0.3 is 11.9 Å². The normalized spacial score (nSPS) is 33.9. The van der Waals surface area contributed by atoms with E-state index in [1.807, 2.05) is 13.8 Å². The van der Waals surface area contributed by atoms with E-state index < -0.39 is 24.3 Å². The van der Waals surface area contributed by atoms with E-state index in [0.29, 0.717) is 32.1 Å².